The molecular weight excluding hydrogens is 266 g/mol. The van der Waals surface area contributed by atoms with Crippen LogP contribution in [0.1, 0.15) is 5.56 Å². The van der Waals surface area contributed by atoms with E-state index in [1.54, 1.807) is 0 Å². The second kappa shape index (κ2) is 5.26. The lowest BCUT2D eigenvalue weighted by molar-refractivity contribution is -0.115. The molecule has 0 fully saturated rings. The van der Waals surface area contributed by atoms with Crippen LogP contribution >= 0.6 is 15.9 Å². The zero-order valence-electron chi connectivity index (χ0n) is 7.40. The minimum Gasteiger partial charge on any atom is -0.369 e. The summed E-state index contributed by atoms with van der Waals surface area (Å²) in [6.07, 6.45) is 0. The molecule has 0 spiro atoms. The first-order chi connectivity index (χ1) is 6.58. The number of carbonyl (C=O) groups excluding carboxylic acids is 1. The van der Waals surface area contributed by atoms with Gasteiger partial charge in [-0.25, -0.2) is 0 Å². The number of carbonyl (C=O) groups is 1. The third-order valence-corrected chi connectivity index (χ3v) is 3.27. The zero-order chi connectivity index (χ0) is 10.6. The number of rotatable bonds is 4. The van der Waals surface area contributed by atoms with Gasteiger partial charge in [0.2, 0.25) is 5.91 Å². The van der Waals surface area contributed by atoms with Gasteiger partial charge in [-0.2, -0.15) is 0 Å². The predicted molar refractivity (Wildman–Crippen MR) is 60.0 cm³/mol. The monoisotopic (exact) mass is 275 g/mol. The normalized spacial score (nSPS) is 12.4. The number of nitrogens with two attached hydrogens (primary N) is 1. The topological polar surface area (TPSA) is 60.2 Å². The predicted octanol–water partition coefficient (Wildman–Crippen LogP) is 1.18. The Morgan fingerprint density at radius 3 is 2.79 bits per heavy atom. The summed E-state index contributed by atoms with van der Waals surface area (Å²) in [6, 6.07) is 7.49. The van der Waals surface area contributed by atoms with Crippen molar-refractivity contribution < 1.29 is 9.00 Å². The zero-order valence-corrected chi connectivity index (χ0v) is 9.81. The van der Waals surface area contributed by atoms with Crippen LogP contribution < -0.4 is 5.73 Å². The molecule has 14 heavy (non-hydrogen) atoms. The number of hydrogen-bond donors (Lipinski definition) is 1. The molecule has 5 heteroatoms. The van der Waals surface area contributed by atoms with E-state index in [0.717, 1.165) is 10.0 Å². The van der Waals surface area contributed by atoms with E-state index in [1.165, 1.54) is 0 Å². The van der Waals surface area contributed by atoms with E-state index in [1.807, 2.05) is 24.3 Å². The maximum Gasteiger partial charge on any atom is 0.230 e. The molecule has 1 amide bonds. The fourth-order valence-corrected chi connectivity index (χ4v) is 2.44. The van der Waals surface area contributed by atoms with Crippen molar-refractivity contribution in [2.24, 2.45) is 5.73 Å². The van der Waals surface area contributed by atoms with Crippen LogP contribution in [-0.2, 0) is 21.3 Å². The molecule has 3 nitrogen and oxygen atoms in total. The van der Waals surface area contributed by atoms with Gasteiger partial charge in [-0.3, -0.25) is 9.00 Å². The Kier molecular flexibility index (Phi) is 4.28. The fraction of sp³-hybridized carbons (Fsp3) is 0.222. The molecule has 0 heterocycles. The molecule has 1 aromatic rings. The van der Waals surface area contributed by atoms with Crippen molar-refractivity contribution in [3.05, 3.63) is 34.3 Å². The highest BCUT2D eigenvalue weighted by molar-refractivity contribution is 9.10. The molecule has 0 unspecified atom stereocenters. The summed E-state index contributed by atoms with van der Waals surface area (Å²) in [6.45, 7) is 0. The summed E-state index contributed by atoms with van der Waals surface area (Å²) in [5.74, 6) is -0.243. The summed E-state index contributed by atoms with van der Waals surface area (Å²) in [4.78, 5) is 10.5. The van der Waals surface area contributed by atoms with E-state index >= 15 is 0 Å². The summed E-state index contributed by atoms with van der Waals surface area (Å²) >= 11 is 3.31. The average Bonchev–Trinajstić information content (AvgIpc) is 2.01. The number of benzene rings is 1. The van der Waals surface area contributed by atoms with Gasteiger partial charge in [-0.15, -0.1) is 0 Å². The standard InChI is InChI=1S/C9H10BrNO2S/c10-8-3-1-2-7(4-8)5-14(13)6-9(11)12/h1-4H,5-6H2,(H2,11,12)/t14-/m0/s1. The third-order valence-electron chi connectivity index (χ3n) is 1.52. The SMILES string of the molecule is NC(=O)C[S@@](=O)Cc1cccc(Br)c1. The quantitative estimate of drug-likeness (QED) is 0.897. The molecule has 0 saturated heterocycles. The second-order valence-corrected chi connectivity index (χ2v) is 5.20. The number of primary amides is 1. The van der Waals surface area contributed by atoms with Crippen molar-refractivity contribution in [1.82, 2.24) is 0 Å². The molecule has 1 aromatic carbocycles. The molecule has 0 radical (unpaired) electrons. The van der Waals surface area contributed by atoms with Crippen molar-refractivity contribution >= 4 is 32.6 Å². The van der Waals surface area contributed by atoms with Crippen LogP contribution in [0.5, 0.6) is 0 Å². The van der Waals surface area contributed by atoms with Crippen LogP contribution in [0.15, 0.2) is 28.7 Å². The fourth-order valence-electron chi connectivity index (χ4n) is 1.02. The summed E-state index contributed by atoms with van der Waals surface area (Å²) in [5, 5.41) is 0. The molecule has 0 saturated carbocycles. The van der Waals surface area contributed by atoms with Crippen LogP contribution in [0, 0.1) is 0 Å². The highest BCUT2D eigenvalue weighted by Gasteiger charge is 2.05. The Balaban J connectivity index is 2.60. The summed E-state index contributed by atoms with van der Waals surface area (Å²) in [5.41, 5.74) is 5.87. The van der Waals surface area contributed by atoms with Crippen molar-refractivity contribution in [1.29, 1.82) is 0 Å². The van der Waals surface area contributed by atoms with Crippen LogP contribution in [0.2, 0.25) is 0 Å². The van der Waals surface area contributed by atoms with E-state index in [9.17, 15) is 9.00 Å². The molecule has 0 bridgehead atoms. The molecule has 0 aliphatic carbocycles. The Hall–Kier alpha value is -0.680. The Morgan fingerprint density at radius 1 is 1.50 bits per heavy atom. The smallest absolute Gasteiger partial charge is 0.230 e. The Morgan fingerprint density at radius 2 is 2.21 bits per heavy atom. The van der Waals surface area contributed by atoms with Crippen LogP contribution in [0.3, 0.4) is 0 Å². The van der Waals surface area contributed by atoms with Crippen LogP contribution in [-0.4, -0.2) is 15.9 Å². The Bertz CT molecular complexity index is 368. The largest absolute Gasteiger partial charge is 0.369 e. The highest BCUT2D eigenvalue weighted by atomic mass is 79.9. The minimum atomic E-state index is -1.20. The molecule has 2 N–H and O–H groups in total. The molecule has 0 aliphatic rings. The first-order valence-electron chi connectivity index (χ1n) is 3.95. The average molecular weight is 276 g/mol. The van der Waals surface area contributed by atoms with Gasteiger partial charge in [-0.1, -0.05) is 28.1 Å². The van der Waals surface area contributed by atoms with E-state index in [2.05, 4.69) is 15.9 Å². The van der Waals surface area contributed by atoms with E-state index in [-0.39, 0.29) is 5.75 Å². The van der Waals surface area contributed by atoms with Crippen LogP contribution in [0.4, 0.5) is 0 Å². The van der Waals surface area contributed by atoms with Gasteiger partial charge >= 0.3 is 0 Å². The summed E-state index contributed by atoms with van der Waals surface area (Å²) in [7, 11) is -1.20. The molecule has 0 aliphatic heterocycles. The lowest BCUT2D eigenvalue weighted by Crippen LogP contribution is -2.20. The first kappa shape index (κ1) is 11.4. The van der Waals surface area contributed by atoms with E-state index < -0.39 is 16.7 Å². The van der Waals surface area contributed by atoms with Gasteiger partial charge in [0, 0.05) is 21.0 Å². The van der Waals surface area contributed by atoms with Gasteiger partial charge < -0.3 is 5.73 Å². The van der Waals surface area contributed by atoms with Crippen LogP contribution in [0.25, 0.3) is 0 Å². The van der Waals surface area contributed by atoms with Gasteiger partial charge in [0.25, 0.3) is 0 Å². The molecular formula is C9H10BrNO2S. The van der Waals surface area contributed by atoms with Crippen molar-refractivity contribution in [3.63, 3.8) is 0 Å². The molecule has 76 valence electrons. The summed E-state index contributed by atoms with van der Waals surface area (Å²) < 4.78 is 12.3. The lowest BCUT2D eigenvalue weighted by atomic mass is 10.2. The molecule has 0 aromatic heterocycles. The van der Waals surface area contributed by atoms with Gasteiger partial charge in [0.1, 0.15) is 5.75 Å². The highest BCUT2D eigenvalue weighted by Crippen LogP contribution is 2.12. The lowest BCUT2D eigenvalue weighted by Gasteiger charge is -2.00. The Labute approximate surface area is 93.3 Å². The van der Waals surface area contributed by atoms with Crippen molar-refractivity contribution in [2.45, 2.75) is 5.75 Å². The van der Waals surface area contributed by atoms with Gasteiger partial charge in [-0.05, 0) is 17.7 Å². The van der Waals surface area contributed by atoms with Gasteiger partial charge in [0.15, 0.2) is 0 Å². The van der Waals surface area contributed by atoms with Crippen molar-refractivity contribution in [3.8, 4) is 0 Å². The molecule has 1 rings (SSSR count). The van der Waals surface area contributed by atoms with E-state index in [0.29, 0.717) is 5.75 Å². The maximum absolute atomic E-state index is 11.3. The van der Waals surface area contributed by atoms with Crippen molar-refractivity contribution in [2.75, 3.05) is 5.75 Å². The number of halogens is 1. The second-order valence-electron chi connectivity index (χ2n) is 2.82. The number of hydrogen-bond acceptors (Lipinski definition) is 2. The molecule has 1 atom stereocenters. The maximum atomic E-state index is 11.3. The number of amides is 1. The third kappa shape index (κ3) is 4.02. The first-order valence-corrected chi connectivity index (χ1v) is 6.24. The van der Waals surface area contributed by atoms with E-state index in [4.69, 9.17) is 5.73 Å². The van der Waals surface area contributed by atoms with Gasteiger partial charge in [0.05, 0.1) is 0 Å². The minimum absolute atomic E-state index is 0.0769.